The highest BCUT2D eigenvalue weighted by Crippen LogP contribution is 2.36. The Morgan fingerprint density at radius 3 is 2.92 bits per heavy atom. The second-order valence-electron chi connectivity index (χ2n) is 5.70. The van der Waals surface area contributed by atoms with Gasteiger partial charge < -0.3 is 14.8 Å². The number of nitrogens with zero attached hydrogens (tertiary/aromatic N) is 1. The van der Waals surface area contributed by atoms with Crippen molar-refractivity contribution in [1.29, 1.82) is 0 Å². The molecule has 3 heterocycles. The lowest BCUT2D eigenvalue weighted by Crippen LogP contribution is -2.23. The van der Waals surface area contributed by atoms with E-state index in [2.05, 4.69) is 10.3 Å². The first-order chi connectivity index (χ1) is 11.5. The topological polar surface area (TPSA) is 94.6 Å². The predicted octanol–water partition coefficient (Wildman–Crippen LogP) is 1.91. The molecule has 7 nitrogen and oxygen atoms in total. The Kier molecular flexibility index (Phi) is 3.69. The molecule has 126 valence electrons. The van der Waals surface area contributed by atoms with Crippen molar-refractivity contribution < 1.29 is 22.7 Å². The maximum absolute atomic E-state index is 12.2. The number of sulfone groups is 1. The fourth-order valence-corrected chi connectivity index (χ4v) is 5.19. The Hall–Kier alpha value is -2.13. The Morgan fingerprint density at radius 1 is 1.29 bits per heavy atom. The van der Waals surface area contributed by atoms with Crippen LogP contribution in [0.4, 0.5) is 5.13 Å². The van der Waals surface area contributed by atoms with Gasteiger partial charge in [0.05, 0.1) is 23.1 Å². The van der Waals surface area contributed by atoms with Crippen molar-refractivity contribution in [2.45, 2.75) is 6.42 Å². The molecule has 2 aliphatic rings. The maximum atomic E-state index is 12.2. The molecule has 1 unspecified atom stereocenters. The van der Waals surface area contributed by atoms with Crippen LogP contribution in [0.2, 0.25) is 0 Å². The Morgan fingerprint density at radius 2 is 2.12 bits per heavy atom. The summed E-state index contributed by atoms with van der Waals surface area (Å²) >= 11 is 1.30. The summed E-state index contributed by atoms with van der Waals surface area (Å²) in [5, 5.41) is 5.00. The summed E-state index contributed by atoms with van der Waals surface area (Å²) in [6.07, 6.45) is 0.370. The molecule has 1 fully saturated rings. The molecular weight excluding hydrogens is 352 g/mol. The number of benzene rings is 1. The number of amides is 1. The molecule has 0 aliphatic carbocycles. The highest BCUT2D eigenvalue weighted by atomic mass is 32.2. The first-order valence-corrected chi connectivity index (χ1v) is 10.1. The fraction of sp³-hybridized carbons (Fsp3) is 0.333. The van der Waals surface area contributed by atoms with Gasteiger partial charge in [-0.15, -0.1) is 11.3 Å². The summed E-state index contributed by atoms with van der Waals surface area (Å²) < 4.78 is 33.6. The van der Waals surface area contributed by atoms with Crippen LogP contribution in [0.5, 0.6) is 11.5 Å². The second-order valence-corrected chi connectivity index (χ2v) is 8.78. The number of hydrogen-bond acceptors (Lipinski definition) is 7. The van der Waals surface area contributed by atoms with Crippen molar-refractivity contribution in [3.63, 3.8) is 0 Å². The molecule has 0 saturated carbocycles. The van der Waals surface area contributed by atoms with E-state index in [-0.39, 0.29) is 24.2 Å². The molecule has 1 saturated heterocycles. The standard InChI is InChI=1S/C15H14N2O5S2/c18-14(10-3-4-24(19,20)7-10)17-15-16-11(6-23-15)9-1-2-12-13(5-9)22-8-21-12/h1-2,5-6,10H,3-4,7-8H2,(H,16,17,18). The largest absolute Gasteiger partial charge is 0.454 e. The highest BCUT2D eigenvalue weighted by molar-refractivity contribution is 7.91. The van der Waals surface area contributed by atoms with E-state index in [1.165, 1.54) is 11.3 Å². The molecular formula is C15H14N2O5S2. The van der Waals surface area contributed by atoms with E-state index in [1.807, 2.05) is 23.6 Å². The molecule has 1 atom stereocenters. The minimum Gasteiger partial charge on any atom is -0.454 e. The van der Waals surface area contributed by atoms with Crippen LogP contribution in [-0.2, 0) is 14.6 Å². The first kappa shape index (κ1) is 15.4. The second kappa shape index (κ2) is 5.75. The van der Waals surface area contributed by atoms with Crippen LogP contribution in [0.3, 0.4) is 0 Å². The van der Waals surface area contributed by atoms with Crippen LogP contribution in [0.15, 0.2) is 23.6 Å². The van der Waals surface area contributed by atoms with Crippen LogP contribution >= 0.6 is 11.3 Å². The summed E-state index contributed by atoms with van der Waals surface area (Å²) in [6, 6.07) is 5.53. The van der Waals surface area contributed by atoms with E-state index in [4.69, 9.17) is 9.47 Å². The SMILES string of the molecule is O=C(Nc1nc(-c2ccc3c(c2)OCO3)cs1)C1CCS(=O)(=O)C1. The molecule has 1 amide bonds. The number of rotatable bonds is 3. The minimum absolute atomic E-state index is 0.0748. The molecule has 2 aromatic rings. The highest BCUT2D eigenvalue weighted by Gasteiger charge is 2.33. The monoisotopic (exact) mass is 366 g/mol. The third-order valence-corrected chi connectivity index (χ3v) is 6.53. The molecule has 1 N–H and O–H groups in total. The van der Waals surface area contributed by atoms with Gasteiger partial charge in [0.1, 0.15) is 0 Å². The number of carbonyl (C=O) groups is 1. The van der Waals surface area contributed by atoms with Crippen molar-refractivity contribution in [1.82, 2.24) is 4.98 Å². The van der Waals surface area contributed by atoms with Gasteiger partial charge in [0, 0.05) is 10.9 Å². The molecule has 1 aromatic heterocycles. The third-order valence-electron chi connectivity index (χ3n) is 4.01. The zero-order valence-corrected chi connectivity index (χ0v) is 14.2. The van der Waals surface area contributed by atoms with E-state index in [0.29, 0.717) is 28.7 Å². The quantitative estimate of drug-likeness (QED) is 0.892. The number of aromatic nitrogens is 1. The van der Waals surface area contributed by atoms with Crippen LogP contribution < -0.4 is 14.8 Å². The normalized spacial score (nSPS) is 20.9. The smallest absolute Gasteiger partial charge is 0.231 e. The van der Waals surface area contributed by atoms with E-state index in [9.17, 15) is 13.2 Å². The molecule has 0 spiro atoms. The van der Waals surface area contributed by atoms with Crippen LogP contribution in [-0.4, -0.2) is 37.6 Å². The Labute approximate surface area is 142 Å². The van der Waals surface area contributed by atoms with Gasteiger partial charge in [0.2, 0.25) is 12.7 Å². The number of fused-ring (bicyclic) bond motifs is 1. The number of carbonyl (C=O) groups excluding carboxylic acids is 1. The number of hydrogen-bond donors (Lipinski definition) is 1. The number of nitrogens with one attached hydrogen (secondary N) is 1. The van der Waals surface area contributed by atoms with Crippen LogP contribution in [0, 0.1) is 5.92 Å². The lowest BCUT2D eigenvalue weighted by atomic mass is 10.1. The van der Waals surface area contributed by atoms with Gasteiger partial charge in [0.25, 0.3) is 0 Å². The molecule has 9 heteroatoms. The summed E-state index contributed by atoms with van der Waals surface area (Å²) in [4.78, 5) is 16.6. The fourth-order valence-electron chi connectivity index (χ4n) is 2.73. The van der Waals surface area contributed by atoms with E-state index >= 15 is 0 Å². The van der Waals surface area contributed by atoms with E-state index < -0.39 is 15.8 Å². The van der Waals surface area contributed by atoms with Crippen molar-refractivity contribution in [2.24, 2.45) is 5.92 Å². The van der Waals surface area contributed by atoms with Crippen molar-refractivity contribution in [3.05, 3.63) is 23.6 Å². The van der Waals surface area contributed by atoms with Gasteiger partial charge in [-0.2, -0.15) is 0 Å². The summed E-state index contributed by atoms with van der Waals surface area (Å²) in [6.45, 7) is 0.210. The third kappa shape index (κ3) is 2.96. The lowest BCUT2D eigenvalue weighted by Gasteiger charge is -2.06. The van der Waals surface area contributed by atoms with Gasteiger partial charge in [-0.3, -0.25) is 4.79 Å². The molecule has 0 radical (unpaired) electrons. The van der Waals surface area contributed by atoms with Gasteiger partial charge in [-0.1, -0.05) is 0 Å². The van der Waals surface area contributed by atoms with Gasteiger partial charge in [0.15, 0.2) is 26.5 Å². The predicted molar refractivity (Wildman–Crippen MR) is 89.1 cm³/mol. The minimum atomic E-state index is -3.08. The van der Waals surface area contributed by atoms with E-state index in [0.717, 1.165) is 5.56 Å². The molecule has 0 bridgehead atoms. The zero-order chi connectivity index (χ0) is 16.7. The van der Waals surface area contributed by atoms with Gasteiger partial charge >= 0.3 is 0 Å². The summed E-state index contributed by atoms with van der Waals surface area (Å²) in [5.74, 6) is 0.577. The summed E-state index contributed by atoms with van der Waals surface area (Å²) in [7, 11) is -3.08. The van der Waals surface area contributed by atoms with Crippen LogP contribution in [0.25, 0.3) is 11.3 Å². The van der Waals surface area contributed by atoms with Crippen molar-refractivity contribution in [2.75, 3.05) is 23.6 Å². The van der Waals surface area contributed by atoms with Crippen molar-refractivity contribution in [3.8, 4) is 22.8 Å². The average molecular weight is 366 g/mol. The molecule has 4 rings (SSSR count). The number of ether oxygens (including phenoxy) is 2. The number of anilines is 1. The average Bonchev–Trinajstić information content (AvgIpc) is 3.25. The first-order valence-electron chi connectivity index (χ1n) is 7.37. The zero-order valence-electron chi connectivity index (χ0n) is 12.5. The van der Waals surface area contributed by atoms with Gasteiger partial charge in [-0.05, 0) is 24.6 Å². The molecule has 2 aliphatic heterocycles. The number of thiazole rings is 1. The van der Waals surface area contributed by atoms with Crippen LogP contribution in [0.1, 0.15) is 6.42 Å². The van der Waals surface area contributed by atoms with Gasteiger partial charge in [-0.25, -0.2) is 13.4 Å². The summed E-state index contributed by atoms with van der Waals surface area (Å²) in [5.41, 5.74) is 1.58. The Balaban J connectivity index is 1.48. The Bertz CT molecular complexity index is 906. The van der Waals surface area contributed by atoms with Crippen molar-refractivity contribution >= 4 is 32.2 Å². The maximum Gasteiger partial charge on any atom is 0.231 e. The van der Waals surface area contributed by atoms with E-state index in [1.54, 1.807) is 0 Å². The molecule has 24 heavy (non-hydrogen) atoms. The molecule has 1 aromatic carbocycles. The lowest BCUT2D eigenvalue weighted by molar-refractivity contribution is -0.119.